The van der Waals surface area contributed by atoms with Crippen LogP contribution in [0.25, 0.3) is 0 Å². The standard InChI is InChI=1S/C21H24N2O4/c1-12(2)21(5)20(25)22-18(23-21)16-9-13(3)14(4)10-17(16)19(24)27-11-15-7-6-8-26-15/h6-10,12H,11H2,1-5H3,(H,22,23,25). The van der Waals surface area contributed by atoms with Crippen LogP contribution in [0.5, 0.6) is 0 Å². The molecule has 6 nitrogen and oxygen atoms in total. The van der Waals surface area contributed by atoms with Gasteiger partial charge in [0, 0.05) is 5.56 Å². The first kappa shape index (κ1) is 18.9. The summed E-state index contributed by atoms with van der Waals surface area (Å²) in [6.07, 6.45) is 1.53. The lowest BCUT2D eigenvalue weighted by molar-refractivity contribution is -0.124. The molecule has 1 aromatic carbocycles. The molecule has 1 aliphatic heterocycles. The number of rotatable bonds is 5. The summed E-state index contributed by atoms with van der Waals surface area (Å²) >= 11 is 0. The number of amidine groups is 1. The molecule has 1 unspecified atom stereocenters. The van der Waals surface area contributed by atoms with E-state index in [1.54, 1.807) is 25.1 Å². The molecule has 6 heteroatoms. The molecular formula is C21H24N2O4. The van der Waals surface area contributed by atoms with E-state index in [2.05, 4.69) is 10.3 Å². The van der Waals surface area contributed by atoms with Crippen LogP contribution in [0.3, 0.4) is 0 Å². The Kier molecular flexibility index (Phi) is 4.91. The maximum atomic E-state index is 12.7. The third-order valence-corrected chi connectivity index (χ3v) is 5.19. The number of furan rings is 1. The largest absolute Gasteiger partial charge is 0.466 e. The minimum atomic E-state index is -0.858. The van der Waals surface area contributed by atoms with Gasteiger partial charge in [-0.2, -0.15) is 0 Å². The van der Waals surface area contributed by atoms with Crippen LogP contribution in [0.1, 0.15) is 53.6 Å². The first-order valence-electron chi connectivity index (χ1n) is 8.95. The predicted octanol–water partition coefficient (Wildman–Crippen LogP) is 3.54. The van der Waals surface area contributed by atoms with Gasteiger partial charge in [0.15, 0.2) is 0 Å². The molecule has 3 rings (SSSR count). The Hall–Kier alpha value is -2.89. The summed E-state index contributed by atoms with van der Waals surface area (Å²) in [6, 6.07) is 7.11. The molecule has 1 N–H and O–H groups in total. The number of amides is 1. The van der Waals surface area contributed by atoms with E-state index >= 15 is 0 Å². The van der Waals surface area contributed by atoms with Crippen molar-refractivity contribution >= 4 is 17.7 Å². The Bertz CT molecular complexity index is 913. The number of nitrogens with zero attached hydrogens (tertiary/aromatic N) is 1. The van der Waals surface area contributed by atoms with Crippen LogP contribution in [-0.2, 0) is 16.1 Å². The number of carbonyl (C=O) groups is 2. The van der Waals surface area contributed by atoms with Gasteiger partial charge in [0.25, 0.3) is 5.91 Å². The average molecular weight is 368 g/mol. The van der Waals surface area contributed by atoms with Crippen LogP contribution in [-0.4, -0.2) is 23.3 Å². The zero-order chi connectivity index (χ0) is 19.8. The minimum Gasteiger partial charge on any atom is -0.466 e. The summed E-state index contributed by atoms with van der Waals surface area (Å²) in [4.78, 5) is 29.8. The monoisotopic (exact) mass is 368 g/mol. The lowest BCUT2D eigenvalue weighted by Crippen LogP contribution is -2.41. The molecule has 0 saturated carbocycles. The minimum absolute atomic E-state index is 0.0240. The number of hydrogen-bond acceptors (Lipinski definition) is 5. The lowest BCUT2D eigenvalue weighted by Gasteiger charge is -2.21. The molecule has 0 spiro atoms. The third-order valence-electron chi connectivity index (χ3n) is 5.19. The summed E-state index contributed by atoms with van der Waals surface area (Å²) < 4.78 is 10.6. The smallest absolute Gasteiger partial charge is 0.339 e. The van der Waals surface area contributed by atoms with E-state index in [9.17, 15) is 9.59 Å². The Morgan fingerprint density at radius 2 is 2.00 bits per heavy atom. The van der Waals surface area contributed by atoms with Gasteiger partial charge in [-0.1, -0.05) is 13.8 Å². The van der Waals surface area contributed by atoms with Crippen LogP contribution in [0, 0.1) is 19.8 Å². The number of ether oxygens (including phenoxy) is 1. The number of carbonyl (C=O) groups excluding carboxylic acids is 2. The van der Waals surface area contributed by atoms with Crippen LogP contribution >= 0.6 is 0 Å². The molecule has 0 bridgehead atoms. The fourth-order valence-electron chi connectivity index (χ4n) is 2.85. The summed E-state index contributed by atoms with van der Waals surface area (Å²) in [5.41, 5.74) is 2.05. The van der Waals surface area contributed by atoms with Crippen molar-refractivity contribution in [2.24, 2.45) is 10.9 Å². The zero-order valence-electron chi connectivity index (χ0n) is 16.3. The summed E-state index contributed by atoms with van der Waals surface area (Å²) in [5, 5.41) is 2.84. The molecule has 0 radical (unpaired) electrons. The Balaban J connectivity index is 1.97. The normalized spacial score (nSPS) is 19.2. The van der Waals surface area contributed by atoms with E-state index in [4.69, 9.17) is 9.15 Å². The number of hydrogen-bond donors (Lipinski definition) is 1. The molecule has 2 aromatic rings. The summed E-state index contributed by atoms with van der Waals surface area (Å²) in [6.45, 7) is 9.62. The SMILES string of the molecule is Cc1cc(C(=O)OCc2ccco2)c(C2=NC(C)(C(C)C)C(=O)N2)cc1C. The first-order valence-corrected chi connectivity index (χ1v) is 8.95. The Morgan fingerprint density at radius 3 is 2.59 bits per heavy atom. The second kappa shape index (κ2) is 7.02. The lowest BCUT2D eigenvalue weighted by atomic mass is 9.89. The van der Waals surface area contributed by atoms with Gasteiger partial charge in [-0.05, 0) is 62.1 Å². The van der Waals surface area contributed by atoms with Crippen LogP contribution < -0.4 is 5.32 Å². The van der Waals surface area contributed by atoms with Gasteiger partial charge in [-0.3, -0.25) is 9.79 Å². The van der Waals surface area contributed by atoms with Gasteiger partial charge in [0.2, 0.25) is 0 Å². The maximum absolute atomic E-state index is 12.7. The Morgan fingerprint density at radius 1 is 1.30 bits per heavy atom. The third kappa shape index (κ3) is 3.52. The molecule has 2 heterocycles. The van der Waals surface area contributed by atoms with Crippen molar-refractivity contribution < 1.29 is 18.7 Å². The van der Waals surface area contributed by atoms with Gasteiger partial charge in [-0.15, -0.1) is 0 Å². The van der Waals surface area contributed by atoms with Crippen molar-refractivity contribution in [2.75, 3.05) is 0 Å². The number of benzene rings is 1. The molecule has 0 fully saturated rings. The summed E-state index contributed by atoms with van der Waals surface area (Å²) in [5.74, 6) is 0.341. The van der Waals surface area contributed by atoms with Crippen molar-refractivity contribution in [1.82, 2.24) is 5.32 Å². The van der Waals surface area contributed by atoms with Gasteiger partial charge < -0.3 is 14.5 Å². The molecule has 0 aliphatic carbocycles. The van der Waals surface area contributed by atoms with Gasteiger partial charge in [-0.25, -0.2) is 4.79 Å². The van der Waals surface area contributed by atoms with Gasteiger partial charge >= 0.3 is 5.97 Å². The molecule has 1 aromatic heterocycles. The second-order valence-corrected chi connectivity index (χ2v) is 7.35. The van der Waals surface area contributed by atoms with Crippen LogP contribution in [0.2, 0.25) is 0 Å². The van der Waals surface area contributed by atoms with E-state index in [0.717, 1.165) is 11.1 Å². The van der Waals surface area contributed by atoms with E-state index in [0.29, 0.717) is 22.7 Å². The van der Waals surface area contributed by atoms with Crippen molar-refractivity contribution in [3.8, 4) is 0 Å². The van der Waals surface area contributed by atoms with Crippen molar-refractivity contribution in [3.63, 3.8) is 0 Å². The molecule has 142 valence electrons. The number of nitrogens with one attached hydrogen (secondary N) is 1. The predicted molar refractivity (Wildman–Crippen MR) is 102 cm³/mol. The molecule has 0 saturated heterocycles. The molecule has 1 amide bonds. The summed E-state index contributed by atoms with van der Waals surface area (Å²) in [7, 11) is 0. The average Bonchev–Trinajstić information content (AvgIpc) is 3.24. The fraction of sp³-hybridized carbons (Fsp3) is 0.381. The van der Waals surface area contributed by atoms with Gasteiger partial charge in [0.05, 0.1) is 11.8 Å². The van der Waals surface area contributed by atoms with Gasteiger partial charge in [0.1, 0.15) is 23.7 Å². The highest BCUT2D eigenvalue weighted by Gasteiger charge is 2.42. The van der Waals surface area contributed by atoms with Crippen LogP contribution in [0.4, 0.5) is 0 Å². The van der Waals surface area contributed by atoms with E-state index in [-0.39, 0.29) is 18.4 Å². The van der Waals surface area contributed by atoms with Crippen LogP contribution in [0.15, 0.2) is 39.9 Å². The van der Waals surface area contributed by atoms with Crippen molar-refractivity contribution in [3.05, 3.63) is 58.5 Å². The number of aryl methyl sites for hydroxylation is 2. The number of esters is 1. The maximum Gasteiger partial charge on any atom is 0.339 e. The molecular weight excluding hydrogens is 344 g/mol. The molecule has 27 heavy (non-hydrogen) atoms. The zero-order valence-corrected chi connectivity index (χ0v) is 16.3. The highest BCUT2D eigenvalue weighted by molar-refractivity contribution is 6.18. The quantitative estimate of drug-likeness (QED) is 0.819. The topological polar surface area (TPSA) is 80.9 Å². The molecule has 1 aliphatic rings. The van der Waals surface area contributed by atoms with E-state index < -0.39 is 11.5 Å². The molecule has 1 atom stereocenters. The van der Waals surface area contributed by atoms with Crippen molar-refractivity contribution in [2.45, 2.75) is 46.8 Å². The first-order chi connectivity index (χ1) is 12.7. The van der Waals surface area contributed by atoms with E-state index in [1.165, 1.54) is 6.26 Å². The van der Waals surface area contributed by atoms with E-state index in [1.807, 2.05) is 33.8 Å². The highest BCUT2D eigenvalue weighted by Crippen LogP contribution is 2.28. The second-order valence-electron chi connectivity index (χ2n) is 7.35. The Labute approximate surface area is 158 Å². The van der Waals surface area contributed by atoms with Crippen molar-refractivity contribution in [1.29, 1.82) is 0 Å². The highest BCUT2D eigenvalue weighted by atomic mass is 16.5. The fourth-order valence-corrected chi connectivity index (χ4v) is 2.85. The number of aliphatic imine (C=N–C) groups is 1.